The molecule has 0 atom stereocenters. The van der Waals surface area contributed by atoms with E-state index in [1.54, 1.807) is 0 Å². The summed E-state index contributed by atoms with van der Waals surface area (Å²) < 4.78 is 0. The highest BCUT2D eigenvalue weighted by molar-refractivity contribution is 7.20. The number of fused-ring (bicyclic) bond motifs is 2. The number of hydrogen-bond acceptors (Lipinski definition) is 3. The van der Waals surface area contributed by atoms with Crippen LogP contribution in [0.3, 0.4) is 0 Å². The number of rotatable bonds is 4. The van der Waals surface area contributed by atoms with Crippen LogP contribution in [0.15, 0.2) is 6.07 Å². The molecule has 2 aromatic heterocycles. The van der Waals surface area contributed by atoms with Crippen LogP contribution < -0.4 is 0 Å². The number of hydrogen-bond donors (Lipinski definition) is 1. The second kappa shape index (κ2) is 5.52. The molecule has 20 heavy (non-hydrogen) atoms. The Morgan fingerprint density at radius 1 is 1.40 bits per heavy atom. The number of carboxylic acid groups (broad SMARTS) is 1. The molecule has 3 rings (SSSR count). The number of aryl methyl sites for hydroxylation is 2. The summed E-state index contributed by atoms with van der Waals surface area (Å²) >= 11 is 1.32. The molecule has 2 aromatic rings. The molecular formula is C16H19NO2S. The fourth-order valence-electron chi connectivity index (χ4n) is 3.05. The average Bonchev–Trinajstić information content (AvgIpc) is 2.87. The molecule has 2 heterocycles. The maximum atomic E-state index is 11.2. The van der Waals surface area contributed by atoms with E-state index in [0.29, 0.717) is 4.88 Å². The van der Waals surface area contributed by atoms with Crippen LogP contribution in [0.1, 0.15) is 59.1 Å². The first kappa shape index (κ1) is 13.6. The van der Waals surface area contributed by atoms with Gasteiger partial charge < -0.3 is 5.11 Å². The molecule has 0 radical (unpaired) electrons. The van der Waals surface area contributed by atoms with Gasteiger partial charge >= 0.3 is 5.97 Å². The molecule has 0 saturated heterocycles. The van der Waals surface area contributed by atoms with Gasteiger partial charge in [0.2, 0.25) is 0 Å². The lowest BCUT2D eigenvalue weighted by Crippen LogP contribution is -2.09. The van der Waals surface area contributed by atoms with Crippen molar-refractivity contribution in [2.45, 2.75) is 51.9 Å². The van der Waals surface area contributed by atoms with Crippen molar-refractivity contribution in [1.82, 2.24) is 4.98 Å². The highest BCUT2D eigenvalue weighted by Gasteiger charge is 2.20. The lowest BCUT2D eigenvalue weighted by atomic mass is 9.89. The number of nitrogens with zero attached hydrogens (tertiary/aromatic N) is 1. The number of thiophene rings is 1. The van der Waals surface area contributed by atoms with E-state index in [-0.39, 0.29) is 0 Å². The Morgan fingerprint density at radius 2 is 2.20 bits per heavy atom. The normalized spacial score (nSPS) is 14.4. The minimum Gasteiger partial charge on any atom is -0.477 e. The van der Waals surface area contributed by atoms with Crippen molar-refractivity contribution in [2.24, 2.45) is 0 Å². The zero-order valence-electron chi connectivity index (χ0n) is 11.7. The van der Waals surface area contributed by atoms with Gasteiger partial charge in [0.25, 0.3) is 0 Å². The molecule has 0 aliphatic heterocycles. The molecule has 0 aromatic carbocycles. The summed E-state index contributed by atoms with van der Waals surface area (Å²) in [7, 11) is 0. The number of aromatic carboxylic acids is 1. The van der Waals surface area contributed by atoms with E-state index >= 15 is 0 Å². The minimum absolute atomic E-state index is 0.410. The van der Waals surface area contributed by atoms with Crippen molar-refractivity contribution in [3.63, 3.8) is 0 Å². The largest absolute Gasteiger partial charge is 0.477 e. The first-order valence-electron chi connectivity index (χ1n) is 7.38. The summed E-state index contributed by atoms with van der Waals surface area (Å²) in [5.41, 5.74) is 4.00. The van der Waals surface area contributed by atoms with Gasteiger partial charge in [-0.1, -0.05) is 13.3 Å². The van der Waals surface area contributed by atoms with E-state index in [4.69, 9.17) is 4.98 Å². The van der Waals surface area contributed by atoms with Gasteiger partial charge in [0.05, 0.1) is 0 Å². The summed E-state index contributed by atoms with van der Waals surface area (Å²) in [5.74, 6) is -0.840. The summed E-state index contributed by atoms with van der Waals surface area (Å²) in [5, 5.41) is 10.3. The molecule has 0 spiro atoms. The third-order valence-electron chi connectivity index (χ3n) is 4.07. The van der Waals surface area contributed by atoms with Crippen LogP contribution in [-0.2, 0) is 19.3 Å². The number of aromatic nitrogens is 1. The Labute approximate surface area is 122 Å². The average molecular weight is 289 g/mol. The summed E-state index contributed by atoms with van der Waals surface area (Å²) in [6.45, 7) is 2.20. The Morgan fingerprint density at radius 3 is 2.95 bits per heavy atom. The number of carbonyl (C=O) groups is 1. The number of carboxylic acids is 1. The Bertz CT molecular complexity index is 660. The van der Waals surface area contributed by atoms with Crippen molar-refractivity contribution in [1.29, 1.82) is 0 Å². The van der Waals surface area contributed by atoms with E-state index < -0.39 is 5.97 Å². The number of unbranched alkanes of at least 4 members (excludes halogenated alkanes) is 1. The van der Waals surface area contributed by atoms with Crippen LogP contribution >= 0.6 is 11.3 Å². The second-order valence-corrected chi connectivity index (χ2v) is 6.49. The van der Waals surface area contributed by atoms with Crippen LogP contribution in [0.4, 0.5) is 0 Å². The Hall–Kier alpha value is -1.42. The van der Waals surface area contributed by atoms with Crippen molar-refractivity contribution < 1.29 is 9.90 Å². The van der Waals surface area contributed by atoms with E-state index in [1.165, 1.54) is 41.0 Å². The van der Waals surface area contributed by atoms with Crippen LogP contribution in [0.2, 0.25) is 0 Å². The highest BCUT2D eigenvalue weighted by Crippen LogP contribution is 2.34. The summed E-state index contributed by atoms with van der Waals surface area (Å²) in [6.07, 6.45) is 7.96. The molecule has 0 unspecified atom stereocenters. The third kappa shape index (κ3) is 2.33. The minimum atomic E-state index is -0.840. The predicted molar refractivity (Wildman–Crippen MR) is 81.8 cm³/mol. The molecule has 106 valence electrons. The topological polar surface area (TPSA) is 50.2 Å². The zero-order chi connectivity index (χ0) is 14.1. The second-order valence-electron chi connectivity index (χ2n) is 5.46. The van der Waals surface area contributed by atoms with Crippen LogP contribution in [0.5, 0.6) is 0 Å². The zero-order valence-corrected chi connectivity index (χ0v) is 12.6. The van der Waals surface area contributed by atoms with E-state index in [9.17, 15) is 9.90 Å². The van der Waals surface area contributed by atoms with Crippen molar-refractivity contribution >= 4 is 27.5 Å². The molecular weight excluding hydrogens is 270 g/mol. The van der Waals surface area contributed by atoms with Gasteiger partial charge in [-0.3, -0.25) is 0 Å². The quantitative estimate of drug-likeness (QED) is 0.917. The van der Waals surface area contributed by atoms with Crippen molar-refractivity contribution in [3.8, 4) is 0 Å². The first-order chi connectivity index (χ1) is 9.70. The monoisotopic (exact) mass is 289 g/mol. The van der Waals surface area contributed by atoms with Gasteiger partial charge in [-0.05, 0) is 55.7 Å². The standard InChI is InChI=1S/C16H19NO2S/c1-2-3-6-10-11-7-4-5-8-13(11)17-15-12(10)9-14(20-15)16(18)19/h9H,2-8H2,1H3,(H,18,19). The lowest BCUT2D eigenvalue weighted by molar-refractivity contribution is 0.0702. The molecule has 0 saturated carbocycles. The molecule has 4 heteroatoms. The van der Waals surface area contributed by atoms with Gasteiger partial charge in [-0.2, -0.15) is 0 Å². The molecule has 0 fully saturated rings. The maximum absolute atomic E-state index is 11.2. The fraction of sp³-hybridized carbons (Fsp3) is 0.500. The van der Waals surface area contributed by atoms with Crippen molar-refractivity contribution in [2.75, 3.05) is 0 Å². The predicted octanol–water partition coefficient (Wildman–Crippen LogP) is 4.22. The highest BCUT2D eigenvalue weighted by atomic mass is 32.1. The number of pyridine rings is 1. The molecule has 0 bridgehead atoms. The van der Waals surface area contributed by atoms with Crippen molar-refractivity contribution in [3.05, 3.63) is 27.8 Å². The van der Waals surface area contributed by atoms with Gasteiger partial charge in [0.1, 0.15) is 9.71 Å². The van der Waals surface area contributed by atoms with Gasteiger partial charge in [-0.15, -0.1) is 11.3 Å². The maximum Gasteiger partial charge on any atom is 0.345 e. The van der Waals surface area contributed by atoms with Gasteiger partial charge in [0.15, 0.2) is 0 Å². The fourth-order valence-corrected chi connectivity index (χ4v) is 3.97. The van der Waals surface area contributed by atoms with Crippen LogP contribution in [0, 0.1) is 0 Å². The van der Waals surface area contributed by atoms with Gasteiger partial charge in [0, 0.05) is 11.1 Å². The smallest absolute Gasteiger partial charge is 0.345 e. The molecule has 1 aliphatic carbocycles. The molecule has 1 aliphatic rings. The van der Waals surface area contributed by atoms with E-state index in [1.807, 2.05) is 6.07 Å². The third-order valence-corrected chi connectivity index (χ3v) is 5.09. The molecule has 3 nitrogen and oxygen atoms in total. The van der Waals surface area contributed by atoms with E-state index in [2.05, 4.69) is 6.92 Å². The first-order valence-corrected chi connectivity index (χ1v) is 8.19. The molecule has 1 N–H and O–H groups in total. The Kier molecular flexibility index (Phi) is 3.74. The van der Waals surface area contributed by atoms with Crippen LogP contribution in [0.25, 0.3) is 10.2 Å². The SMILES string of the molecule is CCCCc1c2c(nc3sc(C(=O)O)cc13)CCCC2. The molecule has 0 amide bonds. The van der Waals surface area contributed by atoms with Gasteiger partial charge in [-0.25, -0.2) is 9.78 Å². The Balaban J connectivity index is 2.19. The summed E-state index contributed by atoms with van der Waals surface area (Å²) in [6, 6.07) is 1.83. The van der Waals surface area contributed by atoms with E-state index in [0.717, 1.165) is 42.3 Å². The lowest BCUT2D eigenvalue weighted by Gasteiger charge is -2.19. The summed E-state index contributed by atoms with van der Waals surface area (Å²) in [4.78, 5) is 17.3. The van der Waals surface area contributed by atoms with Crippen LogP contribution in [-0.4, -0.2) is 16.1 Å².